The van der Waals surface area contributed by atoms with Crippen molar-refractivity contribution in [3.63, 3.8) is 0 Å². The molecule has 2 saturated heterocycles. The monoisotopic (exact) mass is 435 g/mol. The van der Waals surface area contributed by atoms with E-state index < -0.39 is 6.10 Å². The number of benzene rings is 2. The molecule has 6 heteroatoms. The predicted octanol–water partition coefficient (Wildman–Crippen LogP) is 4.11. The van der Waals surface area contributed by atoms with Crippen molar-refractivity contribution in [1.29, 1.82) is 0 Å². The number of aromatic amines is 1. The van der Waals surface area contributed by atoms with Crippen LogP contribution in [0.25, 0.3) is 11.0 Å². The molecule has 1 aromatic heterocycles. The summed E-state index contributed by atoms with van der Waals surface area (Å²) in [4.78, 5) is 10.9. The van der Waals surface area contributed by atoms with Crippen LogP contribution in [0.5, 0.6) is 11.5 Å². The molecule has 0 radical (unpaired) electrons. The number of imidazole rings is 1. The summed E-state index contributed by atoms with van der Waals surface area (Å²) in [6.07, 6.45) is 5.28. The Kier molecular flexibility index (Phi) is 6.07. The number of H-pyrrole nitrogens is 1. The highest BCUT2D eigenvalue weighted by Gasteiger charge is 2.41. The molecule has 4 atom stereocenters. The van der Waals surface area contributed by atoms with Crippen LogP contribution in [0.15, 0.2) is 42.5 Å². The van der Waals surface area contributed by atoms with Gasteiger partial charge >= 0.3 is 0 Å². The number of piperidine rings is 1. The molecule has 2 fully saturated rings. The van der Waals surface area contributed by atoms with Crippen LogP contribution in [-0.4, -0.2) is 58.4 Å². The average Bonchev–Trinajstić information content (AvgIpc) is 3.30. The minimum atomic E-state index is -0.516. The van der Waals surface area contributed by atoms with Gasteiger partial charge in [-0.2, -0.15) is 0 Å². The number of hydrogen-bond acceptors (Lipinski definition) is 5. The zero-order chi connectivity index (χ0) is 22.1. The highest BCUT2D eigenvalue weighted by Crippen LogP contribution is 2.40. The van der Waals surface area contributed by atoms with Gasteiger partial charge in [-0.3, -0.25) is 4.90 Å². The fourth-order valence-corrected chi connectivity index (χ4v) is 5.67. The number of methoxy groups -OCH3 is 1. The normalized spacial score (nSPS) is 24.0. The summed E-state index contributed by atoms with van der Waals surface area (Å²) in [6.45, 7) is 3.06. The number of aliphatic hydroxyl groups excluding tert-OH is 1. The lowest BCUT2D eigenvalue weighted by atomic mass is 9.87. The quantitative estimate of drug-likeness (QED) is 0.557. The number of nitrogens with one attached hydrogen (secondary N) is 1. The van der Waals surface area contributed by atoms with E-state index in [0.29, 0.717) is 36.0 Å². The van der Waals surface area contributed by atoms with Crippen molar-refractivity contribution in [2.45, 2.75) is 57.2 Å². The Balaban J connectivity index is 1.16. The fourth-order valence-electron chi connectivity index (χ4n) is 5.67. The maximum atomic E-state index is 10.7. The minimum absolute atomic E-state index is 0.276. The van der Waals surface area contributed by atoms with Crippen LogP contribution in [0.4, 0.5) is 0 Å². The molecule has 2 aromatic carbocycles. The van der Waals surface area contributed by atoms with Gasteiger partial charge in [0.2, 0.25) is 0 Å². The summed E-state index contributed by atoms with van der Waals surface area (Å²) < 4.78 is 11.2. The molecule has 2 N–H and O–H groups in total. The second-order valence-corrected chi connectivity index (χ2v) is 9.39. The Hall–Kier alpha value is -2.57. The Morgan fingerprint density at radius 3 is 2.56 bits per heavy atom. The van der Waals surface area contributed by atoms with Crippen molar-refractivity contribution < 1.29 is 14.6 Å². The van der Waals surface area contributed by atoms with E-state index in [1.165, 1.54) is 31.2 Å². The van der Waals surface area contributed by atoms with Crippen LogP contribution in [0.3, 0.4) is 0 Å². The van der Waals surface area contributed by atoms with Gasteiger partial charge in [-0.05, 0) is 62.3 Å². The maximum Gasteiger partial charge on any atom is 0.161 e. The first-order valence-corrected chi connectivity index (χ1v) is 11.7. The highest BCUT2D eigenvalue weighted by molar-refractivity contribution is 5.78. The lowest BCUT2D eigenvalue weighted by Crippen LogP contribution is -2.47. The Morgan fingerprint density at radius 1 is 1.09 bits per heavy atom. The molecule has 6 nitrogen and oxygen atoms in total. The Labute approximate surface area is 189 Å². The molecule has 5 rings (SSSR count). The number of aromatic nitrogens is 2. The summed E-state index contributed by atoms with van der Waals surface area (Å²) in [5.41, 5.74) is 3.46. The van der Waals surface area contributed by atoms with Gasteiger partial charge in [0.25, 0.3) is 0 Å². The number of para-hydroxylation sites is 3. The van der Waals surface area contributed by atoms with Crippen LogP contribution >= 0.6 is 0 Å². The molecule has 3 aromatic rings. The molecule has 3 heterocycles. The molecule has 2 aliphatic rings. The van der Waals surface area contributed by atoms with E-state index >= 15 is 0 Å². The molecular weight excluding hydrogens is 402 g/mol. The van der Waals surface area contributed by atoms with Crippen LogP contribution in [-0.2, 0) is 6.42 Å². The van der Waals surface area contributed by atoms with Crippen LogP contribution in [0, 0.1) is 12.8 Å². The molecule has 170 valence electrons. The number of hydrogen-bond donors (Lipinski definition) is 2. The highest BCUT2D eigenvalue weighted by atomic mass is 16.5. The molecule has 2 bridgehead atoms. The van der Waals surface area contributed by atoms with Crippen LogP contribution in [0.1, 0.15) is 37.1 Å². The van der Waals surface area contributed by atoms with Gasteiger partial charge in [0.1, 0.15) is 18.5 Å². The number of nitrogens with zero attached hydrogens (tertiary/aromatic N) is 2. The third kappa shape index (κ3) is 4.34. The summed E-state index contributed by atoms with van der Waals surface area (Å²) >= 11 is 0. The van der Waals surface area contributed by atoms with Gasteiger partial charge in [-0.1, -0.05) is 24.3 Å². The Morgan fingerprint density at radius 2 is 1.84 bits per heavy atom. The number of aliphatic hydroxyl groups is 1. The third-order valence-electron chi connectivity index (χ3n) is 7.15. The van der Waals surface area contributed by atoms with Gasteiger partial charge < -0.3 is 19.6 Å². The summed E-state index contributed by atoms with van der Waals surface area (Å²) in [5.74, 6) is 3.13. The smallest absolute Gasteiger partial charge is 0.161 e. The van der Waals surface area contributed by atoms with Crippen molar-refractivity contribution in [2.75, 3.05) is 20.3 Å². The first-order valence-electron chi connectivity index (χ1n) is 11.7. The second-order valence-electron chi connectivity index (χ2n) is 9.39. The standard InChI is InChI=1S/C26H33N3O3/c1-17-6-5-7-22-26(17)28-25(27-22)14-18-12-19-10-11-20(13-18)29(19)15-21(30)16-32-24-9-4-3-8-23(24)31-2/h3-9,18-21,30H,10-16H2,1-2H3,(H,27,28)/t18-,19+,20-,21?. The van der Waals surface area contributed by atoms with E-state index in [4.69, 9.17) is 14.5 Å². The number of fused-ring (bicyclic) bond motifs is 3. The van der Waals surface area contributed by atoms with Crippen molar-refractivity contribution in [2.24, 2.45) is 5.92 Å². The molecule has 0 spiro atoms. The molecule has 0 amide bonds. The van der Waals surface area contributed by atoms with E-state index in [0.717, 1.165) is 23.3 Å². The van der Waals surface area contributed by atoms with E-state index in [2.05, 4.69) is 35.0 Å². The van der Waals surface area contributed by atoms with Gasteiger partial charge in [-0.25, -0.2) is 4.98 Å². The van der Waals surface area contributed by atoms with Crippen molar-refractivity contribution in [1.82, 2.24) is 14.9 Å². The fraction of sp³-hybridized carbons (Fsp3) is 0.500. The first-order chi connectivity index (χ1) is 15.6. The van der Waals surface area contributed by atoms with E-state index in [9.17, 15) is 5.11 Å². The van der Waals surface area contributed by atoms with Crippen LogP contribution in [0.2, 0.25) is 0 Å². The van der Waals surface area contributed by atoms with E-state index in [1.807, 2.05) is 24.3 Å². The summed E-state index contributed by atoms with van der Waals surface area (Å²) in [6, 6.07) is 15.0. The van der Waals surface area contributed by atoms with E-state index in [-0.39, 0.29) is 6.61 Å². The lowest BCUT2D eigenvalue weighted by molar-refractivity contribution is 0.0236. The van der Waals surface area contributed by atoms with Gasteiger partial charge in [0.05, 0.1) is 18.1 Å². The van der Waals surface area contributed by atoms with Crippen molar-refractivity contribution >= 4 is 11.0 Å². The summed E-state index contributed by atoms with van der Waals surface area (Å²) in [5, 5.41) is 10.7. The number of aryl methyl sites for hydroxylation is 1. The molecule has 2 aliphatic heterocycles. The minimum Gasteiger partial charge on any atom is -0.493 e. The van der Waals surface area contributed by atoms with E-state index in [1.54, 1.807) is 7.11 Å². The van der Waals surface area contributed by atoms with Gasteiger partial charge in [-0.15, -0.1) is 0 Å². The zero-order valence-corrected chi connectivity index (χ0v) is 19.0. The lowest BCUT2D eigenvalue weighted by Gasteiger charge is -2.39. The number of rotatable bonds is 8. The topological polar surface area (TPSA) is 70.6 Å². The first kappa shape index (κ1) is 21.3. The zero-order valence-electron chi connectivity index (χ0n) is 19.0. The number of ether oxygens (including phenoxy) is 2. The van der Waals surface area contributed by atoms with Gasteiger partial charge in [0, 0.05) is 25.0 Å². The summed E-state index contributed by atoms with van der Waals surface area (Å²) in [7, 11) is 1.63. The predicted molar refractivity (Wildman–Crippen MR) is 125 cm³/mol. The molecule has 0 aliphatic carbocycles. The molecule has 0 saturated carbocycles. The molecule has 1 unspecified atom stereocenters. The van der Waals surface area contributed by atoms with Crippen LogP contribution < -0.4 is 9.47 Å². The molecule has 32 heavy (non-hydrogen) atoms. The largest absolute Gasteiger partial charge is 0.493 e. The SMILES string of the molecule is COc1ccccc1OCC(O)CN1[C@@H]2CC[C@H]1C[C@@H](Cc1nc3c(C)cccc3[nH]1)C2. The maximum absolute atomic E-state index is 10.7. The second kappa shape index (κ2) is 9.12. The Bertz CT molecular complexity index is 1050. The van der Waals surface area contributed by atoms with Crippen molar-refractivity contribution in [3.05, 3.63) is 53.9 Å². The molecular formula is C26H33N3O3. The van der Waals surface area contributed by atoms with Crippen molar-refractivity contribution in [3.8, 4) is 11.5 Å². The average molecular weight is 436 g/mol. The third-order valence-corrected chi connectivity index (χ3v) is 7.15. The van der Waals surface area contributed by atoms with Gasteiger partial charge in [0.15, 0.2) is 11.5 Å².